The Labute approximate surface area is 161 Å². The molecule has 1 atom stereocenters. The summed E-state index contributed by atoms with van der Waals surface area (Å²) in [5, 5.41) is 0. The maximum Gasteiger partial charge on any atom is 0.314 e. The molecule has 0 aliphatic carbocycles. The molecule has 1 amide bonds. The smallest absolute Gasteiger partial charge is 0.314 e. The second kappa shape index (κ2) is 9.83. The van der Waals surface area contributed by atoms with Gasteiger partial charge >= 0.3 is 5.97 Å². The Morgan fingerprint density at radius 2 is 1.85 bits per heavy atom. The molecule has 150 valence electrons. The van der Waals surface area contributed by atoms with Gasteiger partial charge in [-0.15, -0.1) is 0 Å². The van der Waals surface area contributed by atoms with Gasteiger partial charge in [0.25, 0.3) is 0 Å². The van der Waals surface area contributed by atoms with Crippen molar-refractivity contribution in [2.75, 3.05) is 39.3 Å². The number of hydrogen-bond acceptors (Lipinski definition) is 4. The number of ether oxygens (including phenoxy) is 1. The molecular weight excluding hydrogens is 347 g/mol. The average molecular weight is 378 g/mol. The fourth-order valence-electron chi connectivity index (χ4n) is 3.74. The van der Waals surface area contributed by atoms with Crippen LogP contribution < -0.4 is 0 Å². The largest absolute Gasteiger partial charge is 0.466 e. The van der Waals surface area contributed by atoms with Crippen LogP contribution in [0.15, 0.2) is 24.3 Å². The fourth-order valence-corrected chi connectivity index (χ4v) is 3.74. The Morgan fingerprint density at radius 1 is 1.19 bits per heavy atom. The van der Waals surface area contributed by atoms with Crippen LogP contribution in [0.2, 0.25) is 0 Å². The van der Waals surface area contributed by atoms with Gasteiger partial charge in [-0.1, -0.05) is 26.0 Å². The van der Waals surface area contributed by atoms with Gasteiger partial charge in [-0.25, -0.2) is 4.39 Å². The van der Waals surface area contributed by atoms with Gasteiger partial charge in [-0.2, -0.15) is 0 Å². The van der Waals surface area contributed by atoms with E-state index < -0.39 is 5.41 Å². The van der Waals surface area contributed by atoms with Crippen molar-refractivity contribution in [1.29, 1.82) is 0 Å². The van der Waals surface area contributed by atoms with Crippen LogP contribution in [0.1, 0.15) is 39.2 Å². The molecule has 1 fully saturated rings. The number of amides is 1. The fraction of sp³-hybridized carbons (Fsp3) is 0.619. The first-order valence-corrected chi connectivity index (χ1v) is 9.86. The second-order valence-electron chi connectivity index (χ2n) is 7.18. The average Bonchev–Trinajstić information content (AvgIpc) is 2.68. The second-order valence-corrected chi connectivity index (χ2v) is 7.18. The highest BCUT2D eigenvalue weighted by molar-refractivity contribution is 5.82. The molecule has 1 saturated heterocycles. The number of carbonyl (C=O) groups is 2. The van der Waals surface area contributed by atoms with Crippen LogP contribution >= 0.6 is 0 Å². The van der Waals surface area contributed by atoms with Gasteiger partial charge in [0, 0.05) is 13.1 Å². The van der Waals surface area contributed by atoms with Crippen LogP contribution in [-0.4, -0.2) is 61.0 Å². The first-order valence-electron chi connectivity index (χ1n) is 9.86. The van der Waals surface area contributed by atoms with Gasteiger partial charge in [0.15, 0.2) is 0 Å². The summed E-state index contributed by atoms with van der Waals surface area (Å²) in [6.07, 6.45) is 1.86. The third kappa shape index (κ3) is 5.51. The van der Waals surface area contributed by atoms with E-state index in [1.807, 2.05) is 13.8 Å². The Hall–Kier alpha value is -1.95. The van der Waals surface area contributed by atoms with Crippen molar-refractivity contribution in [3.8, 4) is 0 Å². The molecule has 1 aliphatic heterocycles. The molecule has 2 rings (SSSR count). The monoisotopic (exact) mass is 378 g/mol. The first-order chi connectivity index (χ1) is 12.9. The van der Waals surface area contributed by atoms with Crippen LogP contribution in [0.3, 0.4) is 0 Å². The van der Waals surface area contributed by atoms with Crippen LogP contribution in [0.25, 0.3) is 0 Å². The summed E-state index contributed by atoms with van der Waals surface area (Å²) in [5.41, 5.74) is 0.105. The molecule has 0 radical (unpaired) electrons. The van der Waals surface area contributed by atoms with E-state index >= 15 is 0 Å². The van der Waals surface area contributed by atoms with E-state index in [0.717, 1.165) is 25.1 Å². The molecule has 1 aromatic rings. The summed E-state index contributed by atoms with van der Waals surface area (Å²) in [6, 6.07) is 6.21. The zero-order chi connectivity index (χ0) is 19.9. The summed E-state index contributed by atoms with van der Waals surface area (Å²) in [5.74, 6) is -0.524. The minimum Gasteiger partial charge on any atom is -0.466 e. The third-order valence-electron chi connectivity index (χ3n) is 5.35. The molecule has 0 N–H and O–H groups in total. The molecule has 1 aliphatic rings. The molecule has 0 spiro atoms. The van der Waals surface area contributed by atoms with Crippen LogP contribution in [-0.2, 0) is 20.7 Å². The lowest BCUT2D eigenvalue weighted by molar-refractivity contribution is -0.161. The van der Waals surface area contributed by atoms with Crippen LogP contribution in [0.5, 0.6) is 0 Å². The Kier molecular flexibility index (Phi) is 7.78. The van der Waals surface area contributed by atoms with Crippen molar-refractivity contribution >= 4 is 11.9 Å². The number of halogens is 1. The maximum absolute atomic E-state index is 13.2. The van der Waals surface area contributed by atoms with E-state index in [1.54, 1.807) is 24.0 Å². The highest BCUT2D eigenvalue weighted by Gasteiger charge is 2.44. The maximum atomic E-state index is 13.2. The summed E-state index contributed by atoms with van der Waals surface area (Å²) in [4.78, 5) is 29.5. The SMILES string of the molecule is CCOC(=O)C1(Cc2ccc(F)cc2)CCCN(C(=O)CN(CC)CC)C1. The topological polar surface area (TPSA) is 49.9 Å². The van der Waals surface area contributed by atoms with Crippen molar-refractivity contribution in [2.45, 2.75) is 40.0 Å². The molecule has 27 heavy (non-hydrogen) atoms. The Bertz CT molecular complexity index is 631. The van der Waals surface area contributed by atoms with E-state index in [-0.39, 0.29) is 17.7 Å². The third-order valence-corrected chi connectivity index (χ3v) is 5.35. The van der Waals surface area contributed by atoms with Crippen molar-refractivity contribution in [2.24, 2.45) is 5.41 Å². The highest BCUT2D eigenvalue weighted by Crippen LogP contribution is 2.35. The normalized spacial score (nSPS) is 20.0. The Morgan fingerprint density at radius 3 is 2.44 bits per heavy atom. The first kappa shape index (κ1) is 21.4. The Balaban J connectivity index is 2.20. The zero-order valence-electron chi connectivity index (χ0n) is 16.7. The van der Waals surface area contributed by atoms with E-state index in [2.05, 4.69) is 4.90 Å². The standard InChI is InChI=1S/C21H31FN2O3/c1-4-23(5-2)15-19(25)24-13-7-12-21(16-24,20(26)27-6-3)14-17-8-10-18(22)11-9-17/h8-11H,4-7,12-16H2,1-3H3. The number of piperidine rings is 1. The molecule has 1 unspecified atom stereocenters. The van der Waals surface area contributed by atoms with Gasteiger partial charge in [0.2, 0.25) is 5.91 Å². The van der Waals surface area contributed by atoms with E-state index in [9.17, 15) is 14.0 Å². The number of likely N-dealkylation sites (N-methyl/N-ethyl adjacent to an activating group) is 1. The predicted octanol–water partition coefficient (Wildman–Crippen LogP) is 2.88. The molecule has 6 heteroatoms. The molecule has 0 saturated carbocycles. The zero-order valence-corrected chi connectivity index (χ0v) is 16.7. The lowest BCUT2D eigenvalue weighted by Crippen LogP contribution is -2.53. The molecule has 0 bridgehead atoms. The molecule has 0 aromatic heterocycles. The van der Waals surface area contributed by atoms with E-state index in [4.69, 9.17) is 4.74 Å². The summed E-state index contributed by atoms with van der Waals surface area (Å²) in [6.45, 7) is 9.15. The van der Waals surface area contributed by atoms with Gasteiger partial charge in [-0.05, 0) is 57.0 Å². The number of esters is 1. The number of likely N-dealkylation sites (tertiary alicyclic amines) is 1. The number of benzene rings is 1. The summed E-state index contributed by atoms with van der Waals surface area (Å²) in [7, 11) is 0. The number of hydrogen-bond donors (Lipinski definition) is 0. The highest BCUT2D eigenvalue weighted by atomic mass is 19.1. The summed E-state index contributed by atoms with van der Waals surface area (Å²) >= 11 is 0. The van der Waals surface area contributed by atoms with Crippen molar-refractivity contribution in [3.63, 3.8) is 0 Å². The summed E-state index contributed by atoms with van der Waals surface area (Å²) < 4.78 is 18.6. The van der Waals surface area contributed by atoms with Gasteiger partial charge in [0.05, 0.1) is 18.6 Å². The molecule has 1 aromatic carbocycles. The number of carbonyl (C=O) groups excluding carboxylic acids is 2. The molecule has 5 nitrogen and oxygen atoms in total. The molecular formula is C21H31FN2O3. The minimum absolute atomic E-state index is 0.0474. The molecule has 1 heterocycles. The lowest BCUT2D eigenvalue weighted by atomic mass is 9.75. The van der Waals surface area contributed by atoms with E-state index in [1.165, 1.54) is 12.1 Å². The van der Waals surface area contributed by atoms with Crippen LogP contribution in [0.4, 0.5) is 4.39 Å². The van der Waals surface area contributed by atoms with Gasteiger partial charge in [-0.3, -0.25) is 14.5 Å². The number of rotatable bonds is 8. The number of nitrogens with zero attached hydrogens (tertiary/aromatic N) is 2. The lowest BCUT2D eigenvalue weighted by Gasteiger charge is -2.41. The van der Waals surface area contributed by atoms with E-state index in [0.29, 0.717) is 39.1 Å². The quantitative estimate of drug-likeness (QED) is 0.653. The van der Waals surface area contributed by atoms with Crippen molar-refractivity contribution in [1.82, 2.24) is 9.80 Å². The van der Waals surface area contributed by atoms with Gasteiger partial charge < -0.3 is 9.64 Å². The van der Waals surface area contributed by atoms with Gasteiger partial charge in [0.1, 0.15) is 5.82 Å². The van der Waals surface area contributed by atoms with Crippen LogP contribution in [0, 0.1) is 11.2 Å². The van der Waals surface area contributed by atoms with Crippen molar-refractivity contribution in [3.05, 3.63) is 35.6 Å². The minimum atomic E-state index is -0.773. The predicted molar refractivity (Wildman–Crippen MR) is 103 cm³/mol. The van der Waals surface area contributed by atoms with Crippen molar-refractivity contribution < 1.29 is 18.7 Å².